The summed E-state index contributed by atoms with van der Waals surface area (Å²) in [4.78, 5) is 20.7. The van der Waals surface area contributed by atoms with Crippen LogP contribution in [0, 0.1) is 0 Å². The van der Waals surface area contributed by atoms with Crippen molar-refractivity contribution in [1.82, 2.24) is 15.3 Å². The summed E-state index contributed by atoms with van der Waals surface area (Å²) >= 11 is 0. The fourth-order valence-corrected chi connectivity index (χ4v) is 2.63. The molecule has 2 heterocycles. The van der Waals surface area contributed by atoms with E-state index in [4.69, 9.17) is 9.47 Å². The van der Waals surface area contributed by atoms with E-state index in [9.17, 15) is 4.79 Å². The largest absolute Gasteiger partial charge is 0.490 e. The summed E-state index contributed by atoms with van der Waals surface area (Å²) in [5, 5.41) is 2.91. The Balaban J connectivity index is 1.61. The van der Waals surface area contributed by atoms with Gasteiger partial charge in [0.15, 0.2) is 11.5 Å². The minimum absolute atomic E-state index is 0.155. The van der Waals surface area contributed by atoms with Gasteiger partial charge in [0.05, 0.1) is 6.61 Å². The van der Waals surface area contributed by atoms with E-state index in [0.717, 1.165) is 11.3 Å². The Morgan fingerprint density at radius 2 is 1.86 bits per heavy atom. The number of nitrogens with one attached hydrogen (secondary N) is 1. The van der Waals surface area contributed by atoms with E-state index in [2.05, 4.69) is 15.3 Å². The molecule has 0 aliphatic carbocycles. The van der Waals surface area contributed by atoms with Crippen molar-refractivity contribution in [3.05, 3.63) is 83.9 Å². The Morgan fingerprint density at radius 1 is 1.00 bits per heavy atom. The van der Waals surface area contributed by atoms with Gasteiger partial charge in [-0.1, -0.05) is 6.07 Å². The van der Waals surface area contributed by atoms with E-state index < -0.39 is 0 Å². The third-order valence-corrected chi connectivity index (χ3v) is 4.04. The molecule has 144 valence electrons. The molecule has 1 N–H and O–H groups in total. The second-order valence-electron chi connectivity index (χ2n) is 6.07. The van der Waals surface area contributed by atoms with E-state index in [1.165, 1.54) is 0 Å². The average molecular weight is 377 g/mol. The maximum atomic E-state index is 12.4. The maximum Gasteiger partial charge on any atom is 0.251 e. The number of carbonyl (C=O) groups is 1. The average Bonchev–Trinajstić information content (AvgIpc) is 2.74. The molecule has 1 aromatic carbocycles. The molecule has 3 aromatic rings. The quantitative estimate of drug-likeness (QED) is 0.618. The predicted molar refractivity (Wildman–Crippen MR) is 106 cm³/mol. The molecule has 0 atom stereocenters. The molecule has 0 saturated carbocycles. The molecule has 28 heavy (non-hydrogen) atoms. The molecule has 1 amide bonds. The van der Waals surface area contributed by atoms with Crippen molar-refractivity contribution in [2.45, 2.75) is 20.0 Å². The molecular formula is C22H23N3O3. The van der Waals surface area contributed by atoms with Crippen molar-refractivity contribution in [3.63, 3.8) is 0 Å². The van der Waals surface area contributed by atoms with Crippen molar-refractivity contribution in [3.8, 4) is 11.5 Å². The first-order valence-corrected chi connectivity index (χ1v) is 9.23. The lowest BCUT2D eigenvalue weighted by molar-refractivity contribution is 0.0953. The number of hydrogen-bond acceptors (Lipinski definition) is 5. The highest BCUT2D eigenvalue weighted by atomic mass is 16.5. The molecule has 0 aliphatic heterocycles. The lowest BCUT2D eigenvalue weighted by Crippen LogP contribution is -2.25. The number of pyridine rings is 2. The van der Waals surface area contributed by atoms with Gasteiger partial charge in [-0.3, -0.25) is 14.8 Å². The zero-order chi connectivity index (χ0) is 19.6. The molecule has 0 saturated heterocycles. The van der Waals surface area contributed by atoms with Gasteiger partial charge in [0.1, 0.15) is 6.61 Å². The number of nitrogens with zero attached hydrogens (tertiary/aromatic N) is 2. The Morgan fingerprint density at radius 3 is 2.61 bits per heavy atom. The summed E-state index contributed by atoms with van der Waals surface area (Å²) in [6.07, 6.45) is 5.87. The molecular weight excluding hydrogens is 354 g/mol. The number of hydrogen-bond donors (Lipinski definition) is 1. The molecule has 6 heteroatoms. The van der Waals surface area contributed by atoms with Gasteiger partial charge in [-0.2, -0.15) is 0 Å². The van der Waals surface area contributed by atoms with Crippen LogP contribution in [-0.2, 0) is 13.0 Å². The highest BCUT2D eigenvalue weighted by Crippen LogP contribution is 2.29. The molecule has 0 radical (unpaired) electrons. The Kier molecular flexibility index (Phi) is 6.95. The van der Waals surface area contributed by atoms with Gasteiger partial charge in [-0.25, -0.2) is 0 Å². The zero-order valence-electron chi connectivity index (χ0n) is 15.8. The normalized spacial score (nSPS) is 10.3. The SMILES string of the molecule is CCOc1cc(C(=O)NCCc2ccccn2)ccc1OCc1ccncc1. The van der Waals surface area contributed by atoms with Gasteiger partial charge in [-0.15, -0.1) is 0 Å². The number of ether oxygens (including phenoxy) is 2. The van der Waals surface area contributed by atoms with Gasteiger partial charge in [0.2, 0.25) is 0 Å². The van der Waals surface area contributed by atoms with E-state index in [1.54, 1.807) is 36.8 Å². The van der Waals surface area contributed by atoms with Crippen LogP contribution >= 0.6 is 0 Å². The van der Waals surface area contributed by atoms with Crippen molar-refractivity contribution in [2.75, 3.05) is 13.2 Å². The first-order valence-electron chi connectivity index (χ1n) is 9.23. The third kappa shape index (κ3) is 5.54. The van der Waals surface area contributed by atoms with Crippen LogP contribution in [0.2, 0.25) is 0 Å². The van der Waals surface area contributed by atoms with Gasteiger partial charge in [0.25, 0.3) is 5.91 Å². The second kappa shape index (κ2) is 10.1. The Labute approximate surface area is 164 Å². The number of aromatic nitrogens is 2. The summed E-state index contributed by atoms with van der Waals surface area (Å²) in [5.74, 6) is 0.996. The maximum absolute atomic E-state index is 12.4. The number of carbonyl (C=O) groups excluding carboxylic acids is 1. The molecule has 3 rings (SSSR count). The lowest BCUT2D eigenvalue weighted by Gasteiger charge is -2.13. The van der Waals surface area contributed by atoms with Crippen LogP contribution < -0.4 is 14.8 Å². The summed E-state index contributed by atoms with van der Waals surface area (Å²) < 4.78 is 11.5. The molecule has 6 nitrogen and oxygen atoms in total. The van der Waals surface area contributed by atoms with E-state index in [1.807, 2.05) is 37.3 Å². The number of amides is 1. The van der Waals surface area contributed by atoms with E-state index in [-0.39, 0.29) is 5.91 Å². The van der Waals surface area contributed by atoms with Crippen LogP contribution in [0.25, 0.3) is 0 Å². The molecule has 0 spiro atoms. The predicted octanol–water partition coefficient (Wildman–Crippen LogP) is 3.43. The molecule has 0 fully saturated rings. The minimum Gasteiger partial charge on any atom is -0.490 e. The topological polar surface area (TPSA) is 73.3 Å². The summed E-state index contributed by atoms with van der Waals surface area (Å²) in [6.45, 7) is 3.29. The first kappa shape index (κ1) is 19.4. The smallest absolute Gasteiger partial charge is 0.251 e. The molecule has 2 aromatic heterocycles. The van der Waals surface area contributed by atoms with Gasteiger partial charge < -0.3 is 14.8 Å². The van der Waals surface area contributed by atoms with Gasteiger partial charge in [0, 0.05) is 42.8 Å². The molecule has 0 unspecified atom stereocenters. The fraction of sp³-hybridized carbons (Fsp3) is 0.227. The number of rotatable bonds is 9. The number of benzene rings is 1. The highest BCUT2D eigenvalue weighted by Gasteiger charge is 2.12. The van der Waals surface area contributed by atoms with Gasteiger partial charge >= 0.3 is 0 Å². The summed E-state index contributed by atoms with van der Waals surface area (Å²) in [7, 11) is 0. The molecule has 0 bridgehead atoms. The van der Waals surface area contributed by atoms with Crippen LogP contribution in [-0.4, -0.2) is 29.0 Å². The minimum atomic E-state index is -0.155. The van der Waals surface area contributed by atoms with Crippen LogP contribution in [0.15, 0.2) is 67.1 Å². The van der Waals surface area contributed by atoms with Crippen molar-refractivity contribution < 1.29 is 14.3 Å². The van der Waals surface area contributed by atoms with Crippen LogP contribution in [0.4, 0.5) is 0 Å². The zero-order valence-corrected chi connectivity index (χ0v) is 15.8. The first-order chi connectivity index (χ1) is 13.8. The van der Waals surface area contributed by atoms with Gasteiger partial charge in [-0.05, 0) is 55.0 Å². The van der Waals surface area contributed by atoms with Crippen LogP contribution in [0.1, 0.15) is 28.5 Å². The monoisotopic (exact) mass is 377 g/mol. The standard InChI is InChI=1S/C22H23N3O3/c1-2-27-21-15-18(22(26)25-14-10-19-5-3-4-11-24-19)6-7-20(21)28-16-17-8-12-23-13-9-17/h3-9,11-13,15H,2,10,14,16H2,1H3,(H,25,26). The third-order valence-electron chi connectivity index (χ3n) is 4.04. The van der Waals surface area contributed by atoms with Crippen LogP contribution in [0.3, 0.4) is 0 Å². The van der Waals surface area contributed by atoms with Crippen molar-refractivity contribution >= 4 is 5.91 Å². The Hall–Kier alpha value is -3.41. The van der Waals surface area contributed by atoms with E-state index in [0.29, 0.717) is 43.2 Å². The fourth-order valence-electron chi connectivity index (χ4n) is 2.63. The second-order valence-corrected chi connectivity index (χ2v) is 6.07. The summed E-state index contributed by atoms with van der Waals surface area (Å²) in [6, 6.07) is 14.7. The molecule has 0 aliphatic rings. The van der Waals surface area contributed by atoms with Crippen LogP contribution in [0.5, 0.6) is 11.5 Å². The summed E-state index contributed by atoms with van der Waals surface area (Å²) in [5.41, 5.74) is 2.48. The van der Waals surface area contributed by atoms with Crippen molar-refractivity contribution in [1.29, 1.82) is 0 Å². The highest BCUT2D eigenvalue weighted by molar-refractivity contribution is 5.94. The lowest BCUT2D eigenvalue weighted by atomic mass is 10.1. The Bertz CT molecular complexity index is 886. The van der Waals surface area contributed by atoms with E-state index >= 15 is 0 Å². The van der Waals surface area contributed by atoms with Crippen molar-refractivity contribution in [2.24, 2.45) is 0 Å².